The van der Waals surface area contributed by atoms with Gasteiger partial charge in [0.25, 0.3) is 0 Å². The molecule has 1 fully saturated rings. The van der Waals surface area contributed by atoms with Crippen LogP contribution in [-0.2, 0) is 0 Å². The van der Waals surface area contributed by atoms with E-state index in [1.54, 1.807) is 0 Å². The summed E-state index contributed by atoms with van der Waals surface area (Å²) >= 11 is 3.50. The van der Waals surface area contributed by atoms with Gasteiger partial charge in [0.1, 0.15) is 4.60 Å². The predicted molar refractivity (Wildman–Crippen MR) is 64.0 cm³/mol. The number of hydrogen-bond acceptors (Lipinski definition) is 2. The topological polar surface area (TPSA) is 25.8 Å². The Kier molecular flexibility index (Phi) is 2.02. The summed E-state index contributed by atoms with van der Waals surface area (Å²) in [6.45, 7) is 2.08. The molecule has 2 nitrogen and oxygen atoms in total. The number of rotatable bonds is 1. The van der Waals surface area contributed by atoms with E-state index in [4.69, 9.17) is 0 Å². The third-order valence-electron chi connectivity index (χ3n) is 2.77. The Morgan fingerprint density at radius 1 is 1.20 bits per heavy atom. The maximum atomic E-state index is 4.69. The van der Waals surface area contributed by atoms with Crippen LogP contribution in [0, 0.1) is 6.92 Å². The van der Waals surface area contributed by atoms with E-state index in [0.29, 0.717) is 5.92 Å². The van der Waals surface area contributed by atoms with E-state index in [1.807, 2.05) is 6.07 Å². The average molecular weight is 263 g/mol. The SMILES string of the molecule is Cc1ccc2nc(Br)c(C3CC3)nc2c1. The van der Waals surface area contributed by atoms with Crippen molar-refractivity contribution in [3.63, 3.8) is 0 Å². The molecule has 0 N–H and O–H groups in total. The lowest BCUT2D eigenvalue weighted by Crippen LogP contribution is -1.94. The first kappa shape index (κ1) is 9.28. The molecule has 15 heavy (non-hydrogen) atoms. The summed E-state index contributed by atoms with van der Waals surface area (Å²) in [6, 6.07) is 6.19. The Bertz CT molecular complexity index is 532. The van der Waals surface area contributed by atoms with Gasteiger partial charge in [-0.15, -0.1) is 0 Å². The van der Waals surface area contributed by atoms with E-state index in [1.165, 1.54) is 18.4 Å². The van der Waals surface area contributed by atoms with Crippen LogP contribution in [0.3, 0.4) is 0 Å². The molecular weight excluding hydrogens is 252 g/mol. The van der Waals surface area contributed by atoms with Gasteiger partial charge >= 0.3 is 0 Å². The predicted octanol–water partition coefficient (Wildman–Crippen LogP) is 3.58. The summed E-state index contributed by atoms with van der Waals surface area (Å²) in [7, 11) is 0. The van der Waals surface area contributed by atoms with Crippen molar-refractivity contribution in [3.8, 4) is 0 Å². The number of aryl methyl sites for hydroxylation is 1. The fraction of sp³-hybridized carbons (Fsp3) is 0.333. The summed E-state index contributed by atoms with van der Waals surface area (Å²) in [6.07, 6.45) is 2.51. The van der Waals surface area contributed by atoms with Crippen LogP contribution in [0.25, 0.3) is 11.0 Å². The van der Waals surface area contributed by atoms with Gasteiger partial charge in [-0.3, -0.25) is 0 Å². The lowest BCUT2D eigenvalue weighted by molar-refractivity contribution is 0.997. The van der Waals surface area contributed by atoms with Gasteiger partial charge in [-0.05, 0) is 53.4 Å². The first-order valence-corrected chi connectivity index (χ1v) is 5.97. The van der Waals surface area contributed by atoms with E-state index >= 15 is 0 Å². The van der Waals surface area contributed by atoms with E-state index in [2.05, 4.69) is 45.0 Å². The molecular formula is C12H11BrN2. The van der Waals surface area contributed by atoms with Gasteiger partial charge in [0.2, 0.25) is 0 Å². The molecule has 76 valence electrons. The zero-order valence-corrected chi connectivity index (χ0v) is 10.1. The number of aromatic nitrogens is 2. The van der Waals surface area contributed by atoms with Gasteiger partial charge in [-0.1, -0.05) is 6.07 Å². The largest absolute Gasteiger partial charge is 0.248 e. The molecule has 1 aromatic carbocycles. The Labute approximate surface area is 96.9 Å². The highest BCUT2D eigenvalue weighted by atomic mass is 79.9. The summed E-state index contributed by atoms with van der Waals surface area (Å²) in [5, 5.41) is 0. The normalized spacial score (nSPS) is 15.9. The van der Waals surface area contributed by atoms with E-state index in [9.17, 15) is 0 Å². The van der Waals surface area contributed by atoms with Gasteiger partial charge < -0.3 is 0 Å². The highest BCUT2D eigenvalue weighted by molar-refractivity contribution is 9.10. The van der Waals surface area contributed by atoms with Crippen LogP contribution >= 0.6 is 15.9 Å². The van der Waals surface area contributed by atoms with Gasteiger partial charge in [0.15, 0.2) is 0 Å². The van der Waals surface area contributed by atoms with Crippen LogP contribution in [0.1, 0.15) is 30.0 Å². The zero-order chi connectivity index (χ0) is 10.4. The summed E-state index contributed by atoms with van der Waals surface area (Å²) in [5.74, 6) is 0.636. The van der Waals surface area contributed by atoms with Crippen molar-refractivity contribution in [3.05, 3.63) is 34.1 Å². The van der Waals surface area contributed by atoms with Gasteiger partial charge in [0, 0.05) is 5.92 Å². The second-order valence-corrected chi connectivity index (χ2v) is 4.92. The first-order valence-electron chi connectivity index (χ1n) is 5.18. The number of fused-ring (bicyclic) bond motifs is 1. The van der Waals surface area contributed by atoms with Crippen LogP contribution in [-0.4, -0.2) is 9.97 Å². The third kappa shape index (κ3) is 1.65. The van der Waals surface area contributed by atoms with E-state index in [-0.39, 0.29) is 0 Å². The maximum Gasteiger partial charge on any atom is 0.128 e. The monoisotopic (exact) mass is 262 g/mol. The molecule has 0 spiro atoms. The van der Waals surface area contributed by atoms with Gasteiger partial charge in [-0.25, -0.2) is 9.97 Å². The Hall–Kier alpha value is -0.960. The number of nitrogens with zero attached hydrogens (tertiary/aromatic N) is 2. The molecule has 0 saturated heterocycles. The molecule has 2 aromatic rings. The minimum atomic E-state index is 0.636. The average Bonchev–Trinajstić information content (AvgIpc) is 3.01. The van der Waals surface area contributed by atoms with Crippen molar-refractivity contribution in [2.24, 2.45) is 0 Å². The van der Waals surface area contributed by atoms with Crippen LogP contribution in [0.5, 0.6) is 0 Å². The van der Waals surface area contributed by atoms with Crippen molar-refractivity contribution in [1.82, 2.24) is 9.97 Å². The molecule has 3 rings (SSSR count). The van der Waals surface area contributed by atoms with Gasteiger partial charge in [0.05, 0.1) is 16.7 Å². The fourth-order valence-corrected chi connectivity index (χ4v) is 2.38. The lowest BCUT2D eigenvalue weighted by atomic mass is 10.2. The standard InChI is InChI=1S/C12H11BrN2/c1-7-2-5-9-10(6-7)14-11(8-3-4-8)12(13)15-9/h2,5-6,8H,3-4H2,1H3. The lowest BCUT2D eigenvalue weighted by Gasteiger charge is -2.04. The van der Waals surface area contributed by atoms with Crippen molar-refractivity contribution in [2.45, 2.75) is 25.7 Å². The molecule has 3 heteroatoms. The van der Waals surface area contributed by atoms with Crippen molar-refractivity contribution in [1.29, 1.82) is 0 Å². The molecule has 1 aliphatic carbocycles. The van der Waals surface area contributed by atoms with Crippen LogP contribution in [0.15, 0.2) is 22.8 Å². The van der Waals surface area contributed by atoms with Crippen LogP contribution in [0.4, 0.5) is 0 Å². The van der Waals surface area contributed by atoms with E-state index in [0.717, 1.165) is 21.3 Å². The quantitative estimate of drug-likeness (QED) is 0.785. The van der Waals surface area contributed by atoms with Crippen molar-refractivity contribution in [2.75, 3.05) is 0 Å². The van der Waals surface area contributed by atoms with E-state index < -0.39 is 0 Å². The number of benzene rings is 1. The van der Waals surface area contributed by atoms with Crippen molar-refractivity contribution < 1.29 is 0 Å². The molecule has 0 atom stereocenters. The first-order chi connectivity index (χ1) is 7.24. The Balaban J connectivity index is 2.25. The molecule has 0 aliphatic heterocycles. The Morgan fingerprint density at radius 3 is 2.73 bits per heavy atom. The second-order valence-electron chi connectivity index (χ2n) is 4.17. The Morgan fingerprint density at radius 2 is 2.00 bits per heavy atom. The van der Waals surface area contributed by atoms with Crippen LogP contribution in [0.2, 0.25) is 0 Å². The summed E-state index contributed by atoms with van der Waals surface area (Å²) in [5.41, 5.74) is 4.35. The molecule has 1 aliphatic rings. The van der Waals surface area contributed by atoms with Gasteiger partial charge in [-0.2, -0.15) is 0 Å². The number of hydrogen-bond donors (Lipinski definition) is 0. The molecule has 1 heterocycles. The molecule has 0 unspecified atom stereocenters. The fourth-order valence-electron chi connectivity index (χ4n) is 1.77. The summed E-state index contributed by atoms with van der Waals surface area (Å²) < 4.78 is 0.918. The summed E-state index contributed by atoms with van der Waals surface area (Å²) in [4.78, 5) is 9.22. The molecule has 0 bridgehead atoms. The third-order valence-corrected chi connectivity index (χ3v) is 3.35. The smallest absolute Gasteiger partial charge is 0.128 e. The molecule has 1 saturated carbocycles. The maximum absolute atomic E-state index is 4.69. The second kappa shape index (κ2) is 3.27. The highest BCUT2D eigenvalue weighted by Gasteiger charge is 2.28. The molecule has 0 amide bonds. The molecule has 1 aromatic heterocycles. The molecule has 0 radical (unpaired) electrons. The van der Waals surface area contributed by atoms with Crippen molar-refractivity contribution >= 4 is 27.0 Å². The van der Waals surface area contributed by atoms with Crippen LogP contribution < -0.4 is 0 Å². The minimum absolute atomic E-state index is 0.636. The highest BCUT2D eigenvalue weighted by Crippen LogP contribution is 2.42. The zero-order valence-electron chi connectivity index (χ0n) is 8.50. The minimum Gasteiger partial charge on any atom is -0.248 e. The number of halogens is 1.